The lowest BCUT2D eigenvalue weighted by molar-refractivity contribution is 0.302. The summed E-state index contributed by atoms with van der Waals surface area (Å²) in [6.45, 7) is 2.31. The van der Waals surface area contributed by atoms with Crippen molar-refractivity contribution in [2.45, 2.75) is 13.5 Å². The zero-order valence-electron chi connectivity index (χ0n) is 8.98. The average Bonchev–Trinajstić information content (AvgIpc) is 2.32. The third-order valence-corrected chi connectivity index (χ3v) is 2.29. The monoisotopic (exact) mass is 217 g/mol. The number of aromatic nitrogens is 1. The summed E-state index contributed by atoms with van der Waals surface area (Å²) < 4.78 is 18.5. The highest BCUT2D eigenvalue weighted by atomic mass is 19.1. The fraction of sp³-hybridized carbons (Fsp3) is 0.154. The maximum absolute atomic E-state index is 13.0. The first-order valence-corrected chi connectivity index (χ1v) is 5.03. The molecule has 82 valence electrons. The molecule has 0 unspecified atom stereocenters. The highest BCUT2D eigenvalue weighted by molar-refractivity contribution is 5.32. The van der Waals surface area contributed by atoms with Crippen LogP contribution in [0.1, 0.15) is 11.1 Å². The predicted molar refractivity (Wildman–Crippen MR) is 59.7 cm³/mol. The summed E-state index contributed by atoms with van der Waals surface area (Å²) in [4.78, 5) is 3.92. The fourth-order valence-corrected chi connectivity index (χ4v) is 1.37. The smallest absolute Gasteiger partial charge is 0.126 e. The van der Waals surface area contributed by atoms with E-state index in [1.807, 2.05) is 19.1 Å². The van der Waals surface area contributed by atoms with Gasteiger partial charge in [-0.2, -0.15) is 0 Å². The largest absolute Gasteiger partial charge is 0.489 e. The highest BCUT2D eigenvalue weighted by Gasteiger charge is 2.01. The van der Waals surface area contributed by atoms with Gasteiger partial charge >= 0.3 is 0 Å². The molecule has 0 amide bonds. The number of halogens is 1. The Balaban J connectivity index is 2.08. The van der Waals surface area contributed by atoms with Crippen LogP contribution in [0.4, 0.5) is 4.39 Å². The number of ether oxygens (including phenoxy) is 1. The first-order chi connectivity index (χ1) is 7.75. The summed E-state index contributed by atoms with van der Waals surface area (Å²) in [6, 6.07) is 8.27. The van der Waals surface area contributed by atoms with Crippen molar-refractivity contribution in [2.75, 3.05) is 0 Å². The Morgan fingerprint density at radius 2 is 1.94 bits per heavy atom. The molecular formula is C13H12FNO. The number of benzene rings is 1. The molecule has 0 aliphatic rings. The van der Waals surface area contributed by atoms with E-state index in [0.717, 1.165) is 11.1 Å². The number of hydrogen-bond acceptors (Lipinski definition) is 2. The molecule has 0 bridgehead atoms. The van der Waals surface area contributed by atoms with Gasteiger partial charge in [-0.3, -0.25) is 4.98 Å². The Bertz CT molecular complexity index is 471. The molecule has 0 N–H and O–H groups in total. The van der Waals surface area contributed by atoms with Crippen molar-refractivity contribution in [3.05, 3.63) is 59.7 Å². The summed E-state index contributed by atoms with van der Waals surface area (Å²) >= 11 is 0. The van der Waals surface area contributed by atoms with Gasteiger partial charge in [-0.05, 0) is 36.2 Å². The van der Waals surface area contributed by atoms with E-state index >= 15 is 0 Å². The number of nitrogens with zero attached hydrogens (tertiary/aromatic N) is 1. The molecule has 0 aliphatic heterocycles. The lowest BCUT2D eigenvalue weighted by atomic mass is 10.2. The number of rotatable bonds is 3. The SMILES string of the molecule is Cc1ccc(F)cc1OCc1ccncc1. The van der Waals surface area contributed by atoms with Crippen molar-refractivity contribution in [1.29, 1.82) is 0 Å². The summed E-state index contributed by atoms with van der Waals surface area (Å²) in [5.74, 6) is 0.298. The van der Waals surface area contributed by atoms with Gasteiger partial charge in [0.2, 0.25) is 0 Å². The minimum Gasteiger partial charge on any atom is -0.489 e. The van der Waals surface area contributed by atoms with Crippen LogP contribution in [-0.4, -0.2) is 4.98 Å². The van der Waals surface area contributed by atoms with Crippen LogP contribution in [0.3, 0.4) is 0 Å². The van der Waals surface area contributed by atoms with E-state index in [2.05, 4.69) is 4.98 Å². The first kappa shape index (κ1) is 10.6. The second-order valence-corrected chi connectivity index (χ2v) is 3.55. The van der Waals surface area contributed by atoms with E-state index in [4.69, 9.17) is 4.74 Å². The maximum Gasteiger partial charge on any atom is 0.126 e. The van der Waals surface area contributed by atoms with E-state index in [-0.39, 0.29) is 5.82 Å². The Hall–Kier alpha value is -1.90. The average molecular weight is 217 g/mol. The summed E-state index contributed by atoms with van der Waals surface area (Å²) in [7, 11) is 0. The molecule has 0 saturated heterocycles. The second kappa shape index (κ2) is 4.75. The lowest BCUT2D eigenvalue weighted by Gasteiger charge is -2.08. The van der Waals surface area contributed by atoms with Crippen LogP contribution < -0.4 is 4.74 Å². The molecule has 3 heteroatoms. The maximum atomic E-state index is 13.0. The van der Waals surface area contributed by atoms with Gasteiger partial charge in [0.05, 0.1) is 0 Å². The molecule has 1 aromatic heterocycles. The van der Waals surface area contributed by atoms with Gasteiger partial charge in [0.15, 0.2) is 0 Å². The predicted octanol–water partition coefficient (Wildman–Crippen LogP) is 3.11. The molecule has 0 atom stereocenters. The van der Waals surface area contributed by atoms with Crippen molar-refractivity contribution < 1.29 is 9.13 Å². The Morgan fingerprint density at radius 1 is 1.19 bits per heavy atom. The second-order valence-electron chi connectivity index (χ2n) is 3.55. The fourth-order valence-electron chi connectivity index (χ4n) is 1.37. The summed E-state index contributed by atoms with van der Waals surface area (Å²) in [5, 5.41) is 0. The quantitative estimate of drug-likeness (QED) is 0.788. The van der Waals surface area contributed by atoms with Crippen molar-refractivity contribution in [1.82, 2.24) is 4.98 Å². The molecule has 1 heterocycles. The van der Waals surface area contributed by atoms with Crippen LogP contribution >= 0.6 is 0 Å². The van der Waals surface area contributed by atoms with Gasteiger partial charge in [0.1, 0.15) is 18.2 Å². The van der Waals surface area contributed by atoms with E-state index in [1.165, 1.54) is 12.1 Å². The molecule has 0 aliphatic carbocycles. The zero-order chi connectivity index (χ0) is 11.4. The Kier molecular flexibility index (Phi) is 3.15. The minimum absolute atomic E-state index is 0.282. The van der Waals surface area contributed by atoms with E-state index in [1.54, 1.807) is 18.5 Å². The van der Waals surface area contributed by atoms with Crippen molar-refractivity contribution in [3.63, 3.8) is 0 Å². The molecule has 0 spiro atoms. The van der Waals surface area contributed by atoms with Gasteiger partial charge in [-0.25, -0.2) is 4.39 Å². The van der Waals surface area contributed by atoms with Gasteiger partial charge in [0.25, 0.3) is 0 Å². The van der Waals surface area contributed by atoms with Gasteiger partial charge in [0, 0.05) is 18.5 Å². The summed E-state index contributed by atoms with van der Waals surface area (Å²) in [5.41, 5.74) is 1.94. The lowest BCUT2D eigenvalue weighted by Crippen LogP contribution is -1.97. The van der Waals surface area contributed by atoms with E-state index < -0.39 is 0 Å². The minimum atomic E-state index is -0.282. The molecule has 0 fully saturated rings. The van der Waals surface area contributed by atoms with Crippen molar-refractivity contribution >= 4 is 0 Å². The van der Waals surface area contributed by atoms with Crippen LogP contribution in [0.2, 0.25) is 0 Å². The molecule has 0 radical (unpaired) electrons. The molecule has 2 rings (SSSR count). The third kappa shape index (κ3) is 2.57. The molecule has 1 aromatic carbocycles. The van der Waals surface area contributed by atoms with Gasteiger partial charge < -0.3 is 4.74 Å². The van der Waals surface area contributed by atoms with Crippen molar-refractivity contribution in [2.24, 2.45) is 0 Å². The van der Waals surface area contributed by atoms with Crippen LogP contribution in [0.25, 0.3) is 0 Å². The molecule has 16 heavy (non-hydrogen) atoms. The van der Waals surface area contributed by atoms with E-state index in [0.29, 0.717) is 12.4 Å². The highest BCUT2D eigenvalue weighted by Crippen LogP contribution is 2.19. The van der Waals surface area contributed by atoms with Gasteiger partial charge in [-0.1, -0.05) is 6.07 Å². The third-order valence-electron chi connectivity index (χ3n) is 2.29. The summed E-state index contributed by atoms with van der Waals surface area (Å²) in [6.07, 6.45) is 3.41. The molecular weight excluding hydrogens is 205 g/mol. The first-order valence-electron chi connectivity index (χ1n) is 5.03. The number of pyridine rings is 1. The number of hydrogen-bond donors (Lipinski definition) is 0. The topological polar surface area (TPSA) is 22.1 Å². The Labute approximate surface area is 93.7 Å². The molecule has 2 aromatic rings. The van der Waals surface area contributed by atoms with E-state index in [9.17, 15) is 4.39 Å². The molecule has 0 saturated carbocycles. The van der Waals surface area contributed by atoms with Crippen LogP contribution in [0, 0.1) is 12.7 Å². The molecule has 2 nitrogen and oxygen atoms in total. The normalized spacial score (nSPS) is 10.1. The van der Waals surface area contributed by atoms with Crippen LogP contribution in [0.5, 0.6) is 5.75 Å². The van der Waals surface area contributed by atoms with Crippen LogP contribution in [-0.2, 0) is 6.61 Å². The zero-order valence-corrected chi connectivity index (χ0v) is 8.98. The van der Waals surface area contributed by atoms with Gasteiger partial charge in [-0.15, -0.1) is 0 Å². The van der Waals surface area contributed by atoms with Crippen LogP contribution in [0.15, 0.2) is 42.7 Å². The number of aryl methyl sites for hydroxylation is 1. The van der Waals surface area contributed by atoms with Crippen molar-refractivity contribution in [3.8, 4) is 5.75 Å². The standard InChI is InChI=1S/C13H12FNO/c1-10-2-3-12(14)8-13(10)16-9-11-4-6-15-7-5-11/h2-8H,9H2,1H3. The Morgan fingerprint density at radius 3 is 2.69 bits per heavy atom.